The summed E-state index contributed by atoms with van der Waals surface area (Å²) in [6.07, 6.45) is 2.53. The first-order valence-corrected chi connectivity index (χ1v) is 9.66. The van der Waals surface area contributed by atoms with Crippen LogP contribution in [0.15, 0.2) is 24.3 Å². The molecule has 1 aromatic carbocycles. The van der Waals surface area contributed by atoms with Crippen LogP contribution in [0.4, 0.5) is 5.69 Å². The van der Waals surface area contributed by atoms with E-state index in [0.717, 1.165) is 5.75 Å². The summed E-state index contributed by atoms with van der Waals surface area (Å²) >= 11 is 7.45. The molecule has 1 saturated heterocycles. The molecule has 2 amide bonds. The molecular weight excluding hydrogens is 364 g/mol. The highest BCUT2D eigenvalue weighted by molar-refractivity contribution is 7.98. The molecule has 0 aliphatic carbocycles. The summed E-state index contributed by atoms with van der Waals surface area (Å²) in [5.41, 5.74) is 0.705. The van der Waals surface area contributed by atoms with E-state index < -0.39 is 17.9 Å². The standard InChI is InChI=1S/C17H21ClN2O4S/c1-24-17(23)14(7-8-25-2)19-16(22)11-9-15(21)20(10-11)13-5-3-12(18)4-6-13/h3-6,11,14H,7-10H2,1-2H3,(H,19,22)/t11-,14+/m0/s1. The summed E-state index contributed by atoms with van der Waals surface area (Å²) in [7, 11) is 1.29. The minimum atomic E-state index is -0.690. The lowest BCUT2D eigenvalue weighted by Gasteiger charge is -2.19. The molecule has 0 radical (unpaired) electrons. The van der Waals surface area contributed by atoms with Gasteiger partial charge in [0.1, 0.15) is 6.04 Å². The van der Waals surface area contributed by atoms with Gasteiger partial charge in [-0.05, 0) is 42.7 Å². The van der Waals surface area contributed by atoms with E-state index in [-0.39, 0.29) is 24.8 Å². The van der Waals surface area contributed by atoms with Crippen LogP contribution in [0.1, 0.15) is 12.8 Å². The molecular formula is C17H21ClN2O4S. The van der Waals surface area contributed by atoms with Gasteiger partial charge in [0.05, 0.1) is 13.0 Å². The van der Waals surface area contributed by atoms with Crippen LogP contribution < -0.4 is 10.2 Å². The molecule has 1 fully saturated rings. The lowest BCUT2D eigenvalue weighted by atomic mass is 10.1. The number of nitrogens with one attached hydrogen (secondary N) is 1. The van der Waals surface area contributed by atoms with Crippen LogP contribution >= 0.6 is 23.4 Å². The maximum absolute atomic E-state index is 12.5. The maximum atomic E-state index is 12.5. The number of esters is 1. The quantitative estimate of drug-likeness (QED) is 0.728. The third-order valence-electron chi connectivity index (χ3n) is 4.05. The highest BCUT2D eigenvalue weighted by Crippen LogP contribution is 2.26. The monoisotopic (exact) mass is 384 g/mol. The average Bonchev–Trinajstić information content (AvgIpc) is 3.00. The van der Waals surface area contributed by atoms with E-state index in [9.17, 15) is 14.4 Å². The summed E-state index contributed by atoms with van der Waals surface area (Å²) in [6, 6.07) is 6.21. The molecule has 1 aliphatic heterocycles. The smallest absolute Gasteiger partial charge is 0.328 e. The van der Waals surface area contributed by atoms with Crippen molar-refractivity contribution in [3.05, 3.63) is 29.3 Å². The predicted molar refractivity (Wildman–Crippen MR) is 98.9 cm³/mol. The molecule has 0 spiro atoms. The summed E-state index contributed by atoms with van der Waals surface area (Å²) in [5.74, 6) is -0.672. The molecule has 0 unspecified atom stereocenters. The second kappa shape index (κ2) is 9.10. The van der Waals surface area contributed by atoms with Crippen LogP contribution in [-0.4, -0.2) is 49.5 Å². The SMILES string of the molecule is COC(=O)[C@@H](CCSC)NC(=O)[C@H]1CC(=O)N(c2ccc(Cl)cc2)C1. The fraction of sp³-hybridized carbons (Fsp3) is 0.471. The Morgan fingerprint density at radius 2 is 2.08 bits per heavy atom. The molecule has 0 bridgehead atoms. The van der Waals surface area contributed by atoms with Gasteiger partial charge in [-0.3, -0.25) is 9.59 Å². The van der Waals surface area contributed by atoms with Crippen molar-refractivity contribution in [2.75, 3.05) is 30.6 Å². The van der Waals surface area contributed by atoms with Crippen LogP contribution in [0.5, 0.6) is 0 Å². The highest BCUT2D eigenvalue weighted by atomic mass is 35.5. The van der Waals surface area contributed by atoms with Crippen LogP contribution in [0, 0.1) is 5.92 Å². The van der Waals surface area contributed by atoms with Crippen molar-refractivity contribution < 1.29 is 19.1 Å². The van der Waals surface area contributed by atoms with Gasteiger partial charge in [0.25, 0.3) is 0 Å². The van der Waals surface area contributed by atoms with Crippen molar-refractivity contribution in [2.24, 2.45) is 5.92 Å². The second-order valence-electron chi connectivity index (χ2n) is 5.75. The molecule has 1 aromatic rings. The molecule has 1 heterocycles. The van der Waals surface area contributed by atoms with Gasteiger partial charge < -0.3 is 15.0 Å². The van der Waals surface area contributed by atoms with Gasteiger partial charge in [0.2, 0.25) is 11.8 Å². The molecule has 1 aliphatic rings. The number of amides is 2. The first-order chi connectivity index (χ1) is 12.0. The number of carbonyl (C=O) groups excluding carboxylic acids is 3. The lowest BCUT2D eigenvalue weighted by molar-refractivity contribution is -0.145. The Hall–Kier alpha value is -1.73. The Morgan fingerprint density at radius 3 is 2.68 bits per heavy atom. The number of benzene rings is 1. The predicted octanol–water partition coefficient (Wildman–Crippen LogP) is 2.10. The number of anilines is 1. The van der Waals surface area contributed by atoms with Crippen LogP contribution in [-0.2, 0) is 19.1 Å². The van der Waals surface area contributed by atoms with Crippen molar-refractivity contribution in [2.45, 2.75) is 18.9 Å². The first kappa shape index (κ1) is 19.6. The highest BCUT2D eigenvalue weighted by Gasteiger charge is 2.36. The summed E-state index contributed by atoms with van der Waals surface area (Å²) in [6.45, 7) is 0.280. The fourth-order valence-electron chi connectivity index (χ4n) is 2.67. The van der Waals surface area contributed by atoms with Crippen molar-refractivity contribution in [1.82, 2.24) is 5.32 Å². The molecule has 0 aromatic heterocycles. The van der Waals surface area contributed by atoms with Crippen molar-refractivity contribution in [1.29, 1.82) is 0 Å². The minimum absolute atomic E-state index is 0.116. The first-order valence-electron chi connectivity index (χ1n) is 7.89. The van der Waals surface area contributed by atoms with Gasteiger partial charge in [-0.25, -0.2) is 4.79 Å². The molecule has 0 saturated carbocycles. The van der Waals surface area contributed by atoms with Gasteiger partial charge >= 0.3 is 5.97 Å². The molecule has 136 valence electrons. The summed E-state index contributed by atoms with van der Waals surface area (Å²) in [5, 5.41) is 3.30. The molecule has 8 heteroatoms. The van der Waals surface area contributed by atoms with Crippen LogP contribution in [0.3, 0.4) is 0 Å². The van der Waals surface area contributed by atoms with Crippen LogP contribution in [0.2, 0.25) is 5.02 Å². The third kappa shape index (κ3) is 5.12. The van der Waals surface area contributed by atoms with E-state index in [2.05, 4.69) is 5.32 Å². The van der Waals surface area contributed by atoms with E-state index in [0.29, 0.717) is 17.1 Å². The number of hydrogen-bond donors (Lipinski definition) is 1. The van der Waals surface area contributed by atoms with Gasteiger partial charge in [-0.15, -0.1) is 0 Å². The summed E-state index contributed by atoms with van der Waals surface area (Å²) < 4.78 is 4.74. The third-order valence-corrected chi connectivity index (χ3v) is 4.94. The molecule has 25 heavy (non-hydrogen) atoms. The van der Waals surface area contributed by atoms with Gasteiger partial charge in [-0.1, -0.05) is 11.6 Å². The Bertz CT molecular complexity index is 638. The molecule has 1 N–H and O–H groups in total. The molecule has 6 nitrogen and oxygen atoms in total. The minimum Gasteiger partial charge on any atom is -0.467 e. The normalized spacial score (nSPS) is 18.1. The molecule has 2 atom stereocenters. The Morgan fingerprint density at radius 1 is 1.40 bits per heavy atom. The topological polar surface area (TPSA) is 75.7 Å². The van der Waals surface area contributed by atoms with E-state index in [1.807, 2.05) is 6.26 Å². The number of nitrogens with zero attached hydrogens (tertiary/aromatic N) is 1. The Labute approximate surface area is 156 Å². The second-order valence-corrected chi connectivity index (χ2v) is 7.17. The van der Waals surface area contributed by atoms with E-state index >= 15 is 0 Å². The number of methoxy groups -OCH3 is 1. The van der Waals surface area contributed by atoms with Gasteiger partial charge in [-0.2, -0.15) is 11.8 Å². The zero-order valence-corrected chi connectivity index (χ0v) is 15.7. The number of hydrogen-bond acceptors (Lipinski definition) is 5. The lowest BCUT2D eigenvalue weighted by Crippen LogP contribution is -2.45. The van der Waals surface area contributed by atoms with Gasteiger partial charge in [0.15, 0.2) is 0 Å². The number of rotatable bonds is 7. The van der Waals surface area contributed by atoms with E-state index in [1.54, 1.807) is 40.9 Å². The fourth-order valence-corrected chi connectivity index (χ4v) is 3.27. The van der Waals surface area contributed by atoms with Crippen molar-refractivity contribution in [3.63, 3.8) is 0 Å². The maximum Gasteiger partial charge on any atom is 0.328 e. The van der Waals surface area contributed by atoms with E-state index in [4.69, 9.17) is 16.3 Å². The zero-order chi connectivity index (χ0) is 18.4. The van der Waals surface area contributed by atoms with Crippen LogP contribution in [0.25, 0.3) is 0 Å². The van der Waals surface area contributed by atoms with Crippen molar-refractivity contribution in [3.8, 4) is 0 Å². The average molecular weight is 385 g/mol. The van der Waals surface area contributed by atoms with Crippen molar-refractivity contribution >= 4 is 46.8 Å². The Balaban J connectivity index is 2.01. The number of halogens is 1. The largest absolute Gasteiger partial charge is 0.467 e. The Kier molecular flexibility index (Phi) is 7.13. The number of carbonyl (C=O) groups is 3. The summed E-state index contributed by atoms with van der Waals surface area (Å²) in [4.78, 5) is 38.1. The van der Waals surface area contributed by atoms with Gasteiger partial charge in [0, 0.05) is 23.7 Å². The number of thioether (sulfide) groups is 1. The number of ether oxygens (including phenoxy) is 1. The zero-order valence-electron chi connectivity index (χ0n) is 14.2. The van der Waals surface area contributed by atoms with E-state index in [1.165, 1.54) is 7.11 Å². The molecule has 2 rings (SSSR count).